The fourth-order valence-electron chi connectivity index (χ4n) is 1.23. The van der Waals surface area contributed by atoms with E-state index in [-0.39, 0.29) is 5.75 Å². The summed E-state index contributed by atoms with van der Waals surface area (Å²) in [5.74, 6) is -0.243. The van der Waals surface area contributed by atoms with Crippen molar-refractivity contribution in [2.75, 3.05) is 25.9 Å². The van der Waals surface area contributed by atoms with Crippen molar-refractivity contribution in [3.8, 4) is 0 Å². The Morgan fingerprint density at radius 3 is 1.85 bits per heavy atom. The second kappa shape index (κ2) is 6.34. The van der Waals surface area contributed by atoms with Crippen molar-refractivity contribution in [1.29, 1.82) is 0 Å². The molecule has 1 N–H and O–H groups in total. The second-order valence-corrected chi connectivity index (χ2v) is 4.95. The number of quaternary nitrogens is 1. The highest BCUT2D eigenvalue weighted by molar-refractivity contribution is 7.85. The van der Waals surface area contributed by atoms with Crippen LogP contribution in [0.25, 0.3) is 0 Å². The summed E-state index contributed by atoms with van der Waals surface area (Å²) in [5.41, 5.74) is 0. The zero-order valence-electron chi connectivity index (χ0n) is 8.38. The van der Waals surface area contributed by atoms with E-state index >= 15 is 0 Å². The molecule has 1 fully saturated rings. The third-order valence-corrected chi connectivity index (χ3v) is 2.82. The molecule has 0 radical (unpaired) electrons. The van der Waals surface area contributed by atoms with Crippen LogP contribution in [0, 0.1) is 0 Å². The van der Waals surface area contributed by atoms with E-state index in [0.717, 1.165) is 0 Å². The molecule has 0 aromatic carbocycles. The largest absolute Gasteiger partial charge is 0.748 e. The molecule has 0 aliphatic carbocycles. The number of likely N-dealkylation sites (tertiary alicyclic amines) is 1. The van der Waals surface area contributed by atoms with E-state index in [1.54, 1.807) is 11.8 Å². The maximum Gasteiger partial charge on any atom is 0.0945 e. The predicted molar refractivity (Wildman–Crippen MR) is 50.7 cm³/mol. The van der Waals surface area contributed by atoms with Crippen molar-refractivity contribution in [1.82, 2.24) is 0 Å². The van der Waals surface area contributed by atoms with Gasteiger partial charge >= 0.3 is 0 Å². The van der Waals surface area contributed by atoms with Gasteiger partial charge in [-0.1, -0.05) is 6.92 Å². The van der Waals surface area contributed by atoms with Crippen molar-refractivity contribution in [2.45, 2.75) is 26.2 Å². The molecule has 0 amide bonds. The Balaban J connectivity index is 0.000000223. The van der Waals surface area contributed by atoms with Crippen molar-refractivity contribution in [2.24, 2.45) is 0 Å². The lowest BCUT2D eigenvalue weighted by Gasteiger charge is -2.00. The summed E-state index contributed by atoms with van der Waals surface area (Å²) in [7, 11) is -1.67. The Hall–Kier alpha value is -0.130. The van der Waals surface area contributed by atoms with E-state index in [0.29, 0.717) is 6.42 Å². The molecule has 1 saturated heterocycles. The first-order valence-electron chi connectivity index (χ1n) is 4.70. The molecule has 0 bridgehead atoms. The fourth-order valence-corrected chi connectivity index (χ4v) is 1.73. The Kier molecular flexibility index (Phi) is 6.28. The predicted octanol–water partition coefficient (Wildman–Crippen LogP) is -0.763. The Bertz CT molecular complexity index is 207. The number of hydrogen-bond donors (Lipinski definition) is 1. The van der Waals surface area contributed by atoms with Crippen LogP contribution < -0.4 is 4.90 Å². The van der Waals surface area contributed by atoms with Crippen LogP contribution in [0.2, 0.25) is 0 Å². The normalized spacial score (nSPS) is 18.1. The lowest BCUT2D eigenvalue weighted by Crippen LogP contribution is -3.06. The number of rotatable bonds is 2. The van der Waals surface area contributed by atoms with Crippen LogP contribution in [0.4, 0.5) is 0 Å². The van der Waals surface area contributed by atoms with Gasteiger partial charge in [-0.25, -0.2) is 8.42 Å². The summed E-state index contributed by atoms with van der Waals surface area (Å²) >= 11 is 0. The van der Waals surface area contributed by atoms with Gasteiger partial charge in [-0.05, 0) is 6.42 Å². The maximum atomic E-state index is 9.68. The van der Waals surface area contributed by atoms with Gasteiger partial charge in [0.05, 0.1) is 30.3 Å². The molecule has 5 heteroatoms. The van der Waals surface area contributed by atoms with E-state index in [1.807, 2.05) is 0 Å². The average molecular weight is 209 g/mol. The third-order valence-electron chi connectivity index (χ3n) is 1.91. The standard InChI is InChI=1S/C5H11N.C3H8O3S/c1-6-4-2-3-5-6;1-2-3-7(4,5)6/h2-5H2,1H3;2-3H2,1H3,(H,4,5,6). The van der Waals surface area contributed by atoms with E-state index in [1.165, 1.54) is 25.9 Å². The molecule has 0 atom stereocenters. The molecular weight excluding hydrogens is 190 g/mol. The molecule has 13 heavy (non-hydrogen) atoms. The first-order valence-corrected chi connectivity index (χ1v) is 6.28. The van der Waals surface area contributed by atoms with E-state index < -0.39 is 10.1 Å². The highest BCUT2D eigenvalue weighted by atomic mass is 32.2. The van der Waals surface area contributed by atoms with Gasteiger partial charge in [0.2, 0.25) is 0 Å². The van der Waals surface area contributed by atoms with Crippen molar-refractivity contribution in [3.63, 3.8) is 0 Å². The fraction of sp³-hybridized carbons (Fsp3) is 1.00. The van der Waals surface area contributed by atoms with Gasteiger partial charge in [0.1, 0.15) is 0 Å². The van der Waals surface area contributed by atoms with Gasteiger partial charge in [-0.3, -0.25) is 0 Å². The van der Waals surface area contributed by atoms with Crippen molar-refractivity contribution < 1.29 is 17.9 Å². The van der Waals surface area contributed by atoms with Crippen molar-refractivity contribution >= 4 is 10.1 Å². The first kappa shape index (κ1) is 12.9. The maximum absolute atomic E-state index is 9.68. The average Bonchev–Trinajstić information content (AvgIpc) is 2.38. The molecule has 4 nitrogen and oxygen atoms in total. The summed E-state index contributed by atoms with van der Waals surface area (Å²) in [6, 6.07) is 0. The first-order chi connectivity index (χ1) is 5.95. The molecule has 0 saturated carbocycles. The lowest BCUT2D eigenvalue weighted by molar-refractivity contribution is -0.866. The molecule has 80 valence electrons. The van der Waals surface area contributed by atoms with E-state index in [4.69, 9.17) is 0 Å². The molecule has 1 heterocycles. The molecule has 0 unspecified atom stereocenters. The van der Waals surface area contributed by atoms with Crippen LogP contribution >= 0.6 is 0 Å². The smallest absolute Gasteiger partial charge is 0.0945 e. The van der Waals surface area contributed by atoms with Crippen LogP contribution in [0.1, 0.15) is 26.2 Å². The van der Waals surface area contributed by atoms with Gasteiger partial charge in [-0.15, -0.1) is 0 Å². The Labute approximate surface area is 80.7 Å². The summed E-state index contributed by atoms with van der Waals surface area (Å²) < 4.78 is 29.0. The quantitative estimate of drug-likeness (QED) is 0.608. The lowest BCUT2D eigenvalue weighted by atomic mass is 10.4. The van der Waals surface area contributed by atoms with E-state index in [2.05, 4.69) is 7.05 Å². The van der Waals surface area contributed by atoms with Crippen LogP contribution in [0.3, 0.4) is 0 Å². The molecule has 0 aromatic heterocycles. The summed E-state index contributed by atoms with van der Waals surface area (Å²) in [4.78, 5) is 1.70. The third kappa shape index (κ3) is 9.79. The molecular formula is C8H19NO3S. The summed E-state index contributed by atoms with van der Waals surface area (Å²) in [5, 5.41) is 0. The minimum atomic E-state index is -3.92. The molecule has 0 aromatic rings. The highest BCUT2D eigenvalue weighted by Crippen LogP contribution is 1.84. The van der Waals surface area contributed by atoms with Gasteiger partial charge in [0.25, 0.3) is 0 Å². The SMILES string of the molecule is CCCS(=O)(=O)[O-].C[NH+]1CCCC1. The minimum absolute atomic E-state index is 0.243. The number of hydrogen-bond acceptors (Lipinski definition) is 3. The zero-order valence-corrected chi connectivity index (χ0v) is 9.19. The molecule has 0 spiro atoms. The molecule has 1 rings (SSSR count). The van der Waals surface area contributed by atoms with E-state index in [9.17, 15) is 13.0 Å². The zero-order chi connectivity index (χ0) is 10.3. The van der Waals surface area contributed by atoms with Gasteiger partial charge < -0.3 is 9.45 Å². The van der Waals surface area contributed by atoms with Gasteiger partial charge in [0.15, 0.2) is 0 Å². The van der Waals surface area contributed by atoms with Crippen LogP contribution in [-0.2, 0) is 10.1 Å². The molecule has 1 aliphatic heterocycles. The summed E-state index contributed by atoms with van der Waals surface area (Å²) in [6.07, 6.45) is 3.31. The van der Waals surface area contributed by atoms with Gasteiger partial charge in [0, 0.05) is 18.6 Å². The highest BCUT2D eigenvalue weighted by Gasteiger charge is 2.07. The van der Waals surface area contributed by atoms with Crippen LogP contribution in [-0.4, -0.2) is 38.9 Å². The minimum Gasteiger partial charge on any atom is -0.748 e. The number of nitrogens with one attached hydrogen (secondary N) is 1. The Morgan fingerprint density at radius 2 is 1.77 bits per heavy atom. The van der Waals surface area contributed by atoms with Crippen molar-refractivity contribution in [3.05, 3.63) is 0 Å². The van der Waals surface area contributed by atoms with Crippen LogP contribution in [0.15, 0.2) is 0 Å². The monoisotopic (exact) mass is 209 g/mol. The Morgan fingerprint density at radius 1 is 1.31 bits per heavy atom. The summed E-state index contributed by atoms with van der Waals surface area (Å²) in [6.45, 7) is 4.45. The second-order valence-electron chi connectivity index (χ2n) is 3.43. The van der Waals surface area contributed by atoms with Crippen LogP contribution in [0.5, 0.6) is 0 Å². The molecule has 1 aliphatic rings. The topological polar surface area (TPSA) is 61.6 Å². The van der Waals surface area contributed by atoms with Gasteiger partial charge in [-0.2, -0.15) is 0 Å².